The summed E-state index contributed by atoms with van der Waals surface area (Å²) in [4.78, 5) is 26.5. The molecule has 24 heavy (non-hydrogen) atoms. The Bertz CT molecular complexity index is 875. The zero-order valence-corrected chi connectivity index (χ0v) is 13.8. The molecular weight excluding hydrogens is 347 g/mol. The molecule has 2 aromatic carbocycles. The van der Waals surface area contributed by atoms with Crippen molar-refractivity contribution in [3.63, 3.8) is 0 Å². The highest BCUT2D eigenvalue weighted by atomic mass is 35.5. The van der Waals surface area contributed by atoms with Crippen molar-refractivity contribution in [2.24, 2.45) is 11.8 Å². The molecule has 0 radical (unpaired) electrons. The third-order valence-corrected chi connectivity index (χ3v) is 5.00. The first-order valence-corrected chi connectivity index (χ1v) is 8.11. The third kappa shape index (κ3) is 2.21. The van der Waals surface area contributed by atoms with E-state index in [0.29, 0.717) is 21.3 Å². The monoisotopic (exact) mass is 356 g/mol. The molecule has 2 aromatic rings. The number of halogens is 2. The van der Waals surface area contributed by atoms with Crippen LogP contribution in [0.2, 0.25) is 10.0 Å². The number of carbonyl (C=O) groups is 2. The van der Waals surface area contributed by atoms with Crippen molar-refractivity contribution >= 4 is 40.7 Å². The fourth-order valence-corrected chi connectivity index (χ4v) is 3.96. The van der Waals surface area contributed by atoms with Crippen LogP contribution in [0.1, 0.15) is 17.0 Å². The standard InChI is InChI=1S/C18H10Cl2N2O2/c19-11-5-12(20)7-13(6-11)22-17(23)15-14(16(15)18(22)24)10-3-1-9(8-21)2-4-10/h1-7,14-16H/t14-,15+,16?/m1/s1. The maximum absolute atomic E-state index is 12.7. The number of piperidine rings is 1. The molecule has 2 amide bonds. The van der Waals surface area contributed by atoms with Gasteiger partial charge in [-0.2, -0.15) is 5.26 Å². The first-order valence-electron chi connectivity index (χ1n) is 7.35. The molecule has 3 atom stereocenters. The number of hydrogen-bond acceptors (Lipinski definition) is 3. The minimum absolute atomic E-state index is 0.108. The normalized spacial score (nSPS) is 24.7. The van der Waals surface area contributed by atoms with Crippen LogP contribution in [0.5, 0.6) is 0 Å². The minimum Gasteiger partial charge on any atom is -0.274 e. The Hall–Kier alpha value is -2.35. The van der Waals surface area contributed by atoms with E-state index in [1.54, 1.807) is 30.3 Å². The van der Waals surface area contributed by atoms with Gasteiger partial charge in [-0.05, 0) is 35.9 Å². The SMILES string of the molecule is N#Cc1ccc([C@H]2C3C(=O)N(c4cc(Cl)cc(Cl)c4)C(=O)[C@H]32)cc1. The molecule has 0 N–H and O–H groups in total. The second-order valence-electron chi connectivity index (χ2n) is 5.95. The van der Waals surface area contributed by atoms with Gasteiger partial charge in [-0.25, -0.2) is 4.90 Å². The second-order valence-corrected chi connectivity index (χ2v) is 6.82. The highest BCUT2D eigenvalue weighted by Crippen LogP contribution is 2.60. The van der Waals surface area contributed by atoms with Gasteiger partial charge in [0, 0.05) is 16.0 Å². The summed E-state index contributed by atoms with van der Waals surface area (Å²) in [6.07, 6.45) is 0. The Morgan fingerprint density at radius 3 is 1.92 bits per heavy atom. The molecule has 1 saturated heterocycles. The van der Waals surface area contributed by atoms with Crippen LogP contribution in [0.3, 0.4) is 0 Å². The summed E-state index contributed by atoms with van der Waals surface area (Å²) < 4.78 is 0. The van der Waals surface area contributed by atoms with Crippen LogP contribution in [0, 0.1) is 23.2 Å². The van der Waals surface area contributed by atoms with Crippen molar-refractivity contribution in [1.29, 1.82) is 5.26 Å². The summed E-state index contributed by atoms with van der Waals surface area (Å²) in [5.74, 6) is -1.24. The number of hydrogen-bond donors (Lipinski definition) is 0. The number of fused-ring (bicyclic) bond motifs is 1. The van der Waals surface area contributed by atoms with Gasteiger partial charge < -0.3 is 0 Å². The van der Waals surface area contributed by atoms with E-state index in [0.717, 1.165) is 5.56 Å². The number of nitriles is 1. The molecule has 2 fully saturated rings. The largest absolute Gasteiger partial charge is 0.274 e. The van der Waals surface area contributed by atoms with Crippen LogP contribution >= 0.6 is 23.2 Å². The van der Waals surface area contributed by atoms with Gasteiger partial charge in [0.15, 0.2) is 0 Å². The molecule has 4 nitrogen and oxygen atoms in total. The van der Waals surface area contributed by atoms with Crippen molar-refractivity contribution in [2.45, 2.75) is 5.92 Å². The molecule has 4 rings (SSSR count). The third-order valence-electron chi connectivity index (χ3n) is 4.56. The molecule has 1 aliphatic carbocycles. The predicted molar refractivity (Wildman–Crippen MR) is 89.8 cm³/mol. The molecule has 1 saturated carbocycles. The van der Waals surface area contributed by atoms with Crippen molar-refractivity contribution in [1.82, 2.24) is 0 Å². The van der Waals surface area contributed by atoms with E-state index in [1.807, 2.05) is 12.1 Å². The molecule has 118 valence electrons. The maximum Gasteiger partial charge on any atom is 0.238 e. The van der Waals surface area contributed by atoms with Crippen LogP contribution in [-0.4, -0.2) is 11.8 Å². The van der Waals surface area contributed by atoms with Gasteiger partial charge in [-0.3, -0.25) is 9.59 Å². The fourth-order valence-electron chi connectivity index (χ4n) is 3.45. The van der Waals surface area contributed by atoms with Crippen molar-refractivity contribution in [2.75, 3.05) is 4.90 Å². The Morgan fingerprint density at radius 2 is 1.42 bits per heavy atom. The lowest BCUT2D eigenvalue weighted by Crippen LogP contribution is -2.34. The van der Waals surface area contributed by atoms with Gasteiger partial charge in [-0.15, -0.1) is 0 Å². The Kier molecular flexibility index (Phi) is 3.38. The van der Waals surface area contributed by atoms with E-state index < -0.39 is 0 Å². The molecular formula is C18H10Cl2N2O2. The van der Waals surface area contributed by atoms with Crippen LogP contribution < -0.4 is 4.90 Å². The summed E-state index contributed by atoms with van der Waals surface area (Å²) in [7, 11) is 0. The quantitative estimate of drug-likeness (QED) is 0.769. The lowest BCUT2D eigenvalue weighted by Gasteiger charge is -2.19. The predicted octanol–water partition coefficient (Wildman–Crippen LogP) is 3.77. The first-order chi connectivity index (χ1) is 11.5. The number of anilines is 1. The highest BCUT2D eigenvalue weighted by molar-refractivity contribution is 6.36. The number of nitrogens with zero attached hydrogens (tertiary/aromatic N) is 2. The first kappa shape index (κ1) is 15.2. The van der Waals surface area contributed by atoms with Crippen molar-refractivity contribution in [3.05, 3.63) is 63.6 Å². The number of benzene rings is 2. The molecule has 0 aromatic heterocycles. The molecule has 6 heteroatoms. The van der Waals surface area contributed by atoms with Crippen LogP contribution in [0.25, 0.3) is 0 Å². The van der Waals surface area contributed by atoms with E-state index in [-0.39, 0.29) is 29.6 Å². The molecule has 1 aliphatic heterocycles. The lowest BCUT2D eigenvalue weighted by molar-refractivity contribution is -0.123. The maximum atomic E-state index is 12.7. The minimum atomic E-state index is -0.344. The van der Waals surface area contributed by atoms with Gasteiger partial charge in [0.2, 0.25) is 11.8 Å². The topological polar surface area (TPSA) is 61.2 Å². The summed E-state index contributed by atoms with van der Waals surface area (Å²) >= 11 is 11.9. The average molecular weight is 357 g/mol. The molecule has 0 bridgehead atoms. The van der Waals surface area contributed by atoms with Crippen LogP contribution in [-0.2, 0) is 9.59 Å². The smallest absolute Gasteiger partial charge is 0.238 e. The zero-order chi connectivity index (χ0) is 17.0. The van der Waals surface area contributed by atoms with Crippen LogP contribution in [0.15, 0.2) is 42.5 Å². The zero-order valence-electron chi connectivity index (χ0n) is 12.2. The van der Waals surface area contributed by atoms with E-state index in [9.17, 15) is 9.59 Å². The Labute approximate surface area is 148 Å². The second kappa shape index (κ2) is 5.34. The van der Waals surface area contributed by atoms with Gasteiger partial charge in [-0.1, -0.05) is 35.3 Å². The van der Waals surface area contributed by atoms with E-state index in [2.05, 4.69) is 6.07 Å². The van der Waals surface area contributed by atoms with E-state index in [1.165, 1.54) is 4.90 Å². The summed E-state index contributed by atoms with van der Waals surface area (Å²) in [6, 6.07) is 13.7. The van der Waals surface area contributed by atoms with E-state index in [4.69, 9.17) is 28.5 Å². The number of imide groups is 1. The Balaban J connectivity index is 1.62. The highest BCUT2D eigenvalue weighted by Gasteiger charge is 2.67. The lowest BCUT2D eigenvalue weighted by atomic mass is 10.0. The van der Waals surface area contributed by atoms with E-state index >= 15 is 0 Å². The number of rotatable bonds is 2. The molecule has 1 heterocycles. The summed E-state index contributed by atoms with van der Waals surface area (Å²) in [6.45, 7) is 0. The van der Waals surface area contributed by atoms with Gasteiger partial charge >= 0.3 is 0 Å². The molecule has 1 unspecified atom stereocenters. The molecule has 2 aliphatic rings. The Morgan fingerprint density at radius 1 is 0.875 bits per heavy atom. The molecule has 0 spiro atoms. The van der Waals surface area contributed by atoms with Gasteiger partial charge in [0.05, 0.1) is 29.2 Å². The van der Waals surface area contributed by atoms with Crippen molar-refractivity contribution < 1.29 is 9.59 Å². The van der Waals surface area contributed by atoms with Crippen LogP contribution in [0.4, 0.5) is 5.69 Å². The van der Waals surface area contributed by atoms with Gasteiger partial charge in [0.25, 0.3) is 0 Å². The van der Waals surface area contributed by atoms with Gasteiger partial charge in [0.1, 0.15) is 0 Å². The average Bonchev–Trinajstić information content (AvgIpc) is 3.23. The summed E-state index contributed by atoms with van der Waals surface area (Å²) in [5.41, 5.74) is 1.88. The number of carbonyl (C=O) groups excluding carboxylic acids is 2. The number of amides is 2. The fraction of sp³-hybridized carbons (Fsp3) is 0.167. The summed E-state index contributed by atoms with van der Waals surface area (Å²) in [5, 5.41) is 9.60. The van der Waals surface area contributed by atoms with Crippen molar-refractivity contribution in [3.8, 4) is 6.07 Å².